The predicted molar refractivity (Wildman–Crippen MR) is 116 cm³/mol. The van der Waals surface area contributed by atoms with Crippen molar-refractivity contribution < 1.29 is 9.53 Å². The van der Waals surface area contributed by atoms with E-state index < -0.39 is 5.91 Å². The molecule has 2 saturated carbocycles. The van der Waals surface area contributed by atoms with E-state index in [9.17, 15) is 4.79 Å². The minimum Gasteiger partial charge on any atom is -0.373 e. The second-order valence-corrected chi connectivity index (χ2v) is 9.23. The van der Waals surface area contributed by atoms with Crippen molar-refractivity contribution in [1.82, 2.24) is 9.88 Å². The molecule has 2 aliphatic carbocycles. The van der Waals surface area contributed by atoms with Crippen LogP contribution in [0.2, 0.25) is 0 Å². The lowest BCUT2D eigenvalue weighted by molar-refractivity contribution is -0.179. The zero-order chi connectivity index (χ0) is 20.7. The summed E-state index contributed by atoms with van der Waals surface area (Å²) in [7, 11) is 1.83. The molecular formula is C25H31N3O2. The fraction of sp³-hybridized carbons (Fsp3) is 0.520. The SMILES string of the molecule is COC1(c2ccnc(C(N)=O)c2)[C@@H]2CCC[C@H]1CN([C@H]1CC[C@H]1c1ccccc1)C2. The van der Waals surface area contributed by atoms with E-state index in [2.05, 4.69) is 40.2 Å². The third-order valence-corrected chi connectivity index (χ3v) is 7.96. The zero-order valence-electron chi connectivity index (χ0n) is 17.7. The number of primary amides is 1. The number of carbonyl (C=O) groups excluding carboxylic acids is 1. The van der Waals surface area contributed by atoms with Gasteiger partial charge in [0.05, 0.1) is 0 Å². The number of methoxy groups -OCH3 is 1. The van der Waals surface area contributed by atoms with Crippen LogP contribution in [0, 0.1) is 11.8 Å². The predicted octanol–water partition coefficient (Wildman–Crippen LogP) is 3.70. The van der Waals surface area contributed by atoms with Crippen LogP contribution in [0.4, 0.5) is 0 Å². The lowest BCUT2D eigenvalue weighted by Crippen LogP contribution is -2.62. The standard InChI is InChI=1S/C25H31N3O2/c1-30-25(18-12-13-27-22(14-18)24(26)29)19-8-5-9-20(25)16-28(15-19)23-11-10-21(23)17-6-3-2-4-7-17/h2-4,6-7,12-14,19-21,23H,5,8-11,15-16H2,1H3,(H2,26,29)/t19-,20+,21-,23-,25?/m0/s1. The highest BCUT2D eigenvalue weighted by molar-refractivity contribution is 5.90. The molecule has 0 spiro atoms. The van der Waals surface area contributed by atoms with Crippen LogP contribution < -0.4 is 5.73 Å². The minimum atomic E-state index is -0.481. The highest BCUT2D eigenvalue weighted by atomic mass is 16.5. The van der Waals surface area contributed by atoms with Crippen LogP contribution in [0.3, 0.4) is 0 Å². The van der Waals surface area contributed by atoms with E-state index in [1.165, 1.54) is 24.8 Å². The summed E-state index contributed by atoms with van der Waals surface area (Å²) < 4.78 is 6.35. The Kier molecular flexibility index (Phi) is 5.11. The Bertz CT molecular complexity index is 902. The van der Waals surface area contributed by atoms with Gasteiger partial charge >= 0.3 is 0 Å². The first-order valence-corrected chi connectivity index (χ1v) is 11.2. The topological polar surface area (TPSA) is 68.5 Å². The Hall–Kier alpha value is -2.24. The van der Waals surface area contributed by atoms with Crippen LogP contribution >= 0.6 is 0 Å². The van der Waals surface area contributed by atoms with Gasteiger partial charge in [-0.1, -0.05) is 36.8 Å². The van der Waals surface area contributed by atoms with Crippen molar-refractivity contribution in [2.24, 2.45) is 17.6 Å². The molecule has 5 atom stereocenters. The van der Waals surface area contributed by atoms with Crippen molar-refractivity contribution >= 4 is 5.91 Å². The number of nitrogens with zero attached hydrogens (tertiary/aromatic N) is 2. The van der Waals surface area contributed by atoms with Crippen molar-refractivity contribution in [2.75, 3.05) is 20.2 Å². The first-order valence-electron chi connectivity index (χ1n) is 11.2. The molecule has 158 valence electrons. The van der Waals surface area contributed by atoms with Crippen molar-refractivity contribution in [3.63, 3.8) is 0 Å². The smallest absolute Gasteiger partial charge is 0.267 e. The van der Waals surface area contributed by atoms with Gasteiger partial charge in [-0.3, -0.25) is 14.7 Å². The van der Waals surface area contributed by atoms with Crippen LogP contribution in [0.1, 0.15) is 59.6 Å². The molecule has 1 aliphatic heterocycles. The maximum atomic E-state index is 11.7. The fourth-order valence-electron chi connectivity index (χ4n) is 6.48. The minimum absolute atomic E-state index is 0.326. The molecule has 1 amide bonds. The molecule has 2 heterocycles. The van der Waals surface area contributed by atoms with E-state index in [1.54, 1.807) is 6.20 Å². The third-order valence-electron chi connectivity index (χ3n) is 7.96. The number of hydrogen-bond acceptors (Lipinski definition) is 4. The maximum Gasteiger partial charge on any atom is 0.267 e. The summed E-state index contributed by atoms with van der Waals surface area (Å²) in [4.78, 5) is 18.6. The first kappa shape index (κ1) is 19.7. The largest absolute Gasteiger partial charge is 0.373 e. The zero-order valence-corrected chi connectivity index (χ0v) is 17.7. The molecule has 5 rings (SSSR count). The van der Waals surface area contributed by atoms with Crippen LogP contribution in [0.25, 0.3) is 0 Å². The summed E-state index contributed by atoms with van der Waals surface area (Å²) in [6, 6.07) is 15.5. The van der Waals surface area contributed by atoms with E-state index in [0.717, 1.165) is 31.5 Å². The second kappa shape index (κ2) is 7.78. The average molecular weight is 406 g/mol. The van der Waals surface area contributed by atoms with Crippen LogP contribution in [-0.2, 0) is 10.3 Å². The van der Waals surface area contributed by atoms with Gasteiger partial charge in [0.1, 0.15) is 11.3 Å². The van der Waals surface area contributed by atoms with E-state index in [4.69, 9.17) is 10.5 Å². The van der Waals surface area contributed by atoms with Gasteiger partial charge in [0.25, 0.3) is 5.91 Å². The monoisotopic (exact) mass is 405 g/mol. The van der Waals surface area contributed by atoms with Gasteiger partial charge in [0.2, 0.25) is 0 Å². The van der Waals surface area contributed by atoms with Gasteiger partial charge in [0.15, 0.2) is 0 Å². The summed E-state index contributed by atoms with van der Waals surface area (Å²) >= 11 is 0. The third kappa shape index (κ3) is 3.07. The number of likely N-dealkylation sites (tertiary alicyclic amines) is 1. The molecule has 2 bridgehead atoms. The van der Waals surface area contributed by atoms with Crippen LogP contribution in [0.5, 0.6) is 0 Å². The highest BCUT2D eigenvalue weighted by Gasteiger charge is 2.55. The van der Waals surface area contributed by atoms with Crippen molar-refractivity contribution in [3.8, 4) is 0 Å². The number of amides is 1. The van der Waals surface area contributed by atoms with Gasteiger partial charge in [-0.25, -0.2) is 0 Å². The summed E-state index contributed by atoms with van der Waals surface area (Å²) in [6.07, 6.45) is 7.81. The van der Waals surface area contributed by atoms with Gasteiger partial charge in [-0.05, 0) is 54.9 Å². The average Bonchev–Trinajstić information content (AvgIpc) is 2.73. The number of benzene rings is 1. The number of rotatable bonds is 5. The molecule has 5 heteroatoms. The Morgan fingerprint density at radius 2 is 1.83 bits per heavy atom. The van der Waals surface area contributed by atoms with Gasteiger partial charge in [0, 0.05) is 44.3 Å². The van der Waals surface area contributed by atoms with Gasteiger partial charge < -0.3 is 10.5 Å². The summed E-state index contributed by atoms with van der Waals surface area (Å²) in [5.74, 6) is 0.987. The number of hydrogen-bond donors (Lipinski definition) is 1. The summed E-state index contributed by atoms with van der Waals surface area (Å²) in [5, 5.41) is 0. The van der Waals surface area contributed by atoms with E-state index in [1.807, 2.05) is 19.2 Å². The van der Waals surface area contributed by atoms with Crippen LogP contribution in [-0.4, -0.2) is 42.0 Å². The maximum absolute atomic E-state index is 11.7. The molecule has 1 aromatic carbocycles. The number of fused-ring (bicyclic) bond motifs is 2. The Morgan fingerprint density at radius 1 is 1.10 bits per heavy atom. The molecule has 1 unspecified atom stereocenters. The molecule has 0 radical (unpaired) electrons. The molecule has 1 aromatic heterocycles. The normalized spacial score (nSPS) is 33.6. The highest BCUT2D eigenvalue weighted by Crippen LogP contribution is 2.53. The Balaban J connectivity index is 1.44. The molecule has 3 fully saturated rings. The van der Waals surface area contributed by atoms with Crippen LogP contribution in [0.15, 0.2) is 48.7 Å². The molecule has 3 aliphatic rings. The van der Waals surface area contributed by atoms with Crippen molar-refractivity contribution in [3.05, 3.63) is 65.5 Å². The molecule has 5 nitrogen and oxygen atoms in total. The molecule has 2 N–H and O–H groups in total. The second-order valence-electron chi connectivity index (χ2n) is 9.23. The number of ether oxygens (including phenoxy) is 1. The first-order chi connectivity index (χ1) is 14.6. The van der Waals surface area contributed by atoms with Crippen molar-refractivity contribution in [1.29, 1.82) is 0 Å². The summed E-state index contributed by atoms with van der Waals surface area (Å²) in [5.41, 5.74) is 8.03. The fourth-order valence-corrected chi connectivity index (χ4v) is 6.48. The number of nitrogens with two attached hydrogens (primary N) is 1. The lowest BCUT2D eigenvalue weighted by Gasteiger charge is -2.58. The van der Waals surface area contributed by atoms with E-state index in [-0.39, 0.29) is 5.60 Å². The molecular weight excluding hydrogens is 374 g/mol. The van der Waals surface area contributed by atoms with E-state index in [0.29, 0.717) is 29.5 Å². The number of carbonyl (C=O) groups is 1. The molecule has 1 saturated heterocycles. The Morgan fingerprint density at radius 3 is 2.43 bits per heavy atom. The molecule has 2 aromatic rings. The molecule has 30 heavy (non-hydrogen) atoms. The number of pyridine rings is 1. The number of piperidine rings is 1. The van der Waals surface area contributed by atoms with E-state index >= 15 is 0 Å². The number of aromatic nitrogens is 1. The van der Waals surface area contributed by atoms with Gasteiger partial charge in [-0.2, -0.15) is 0 Å². The quantitative estimate of drug-likeness (QED) is 0.824. The van der Waals surface area contributed by atoms with Gasteiger partial charge in [-0.15, -0.1) is 0 Å². The summed E-state index contributed by atoms with van der Waals surface area (Å²) in [6.45, 7) is 2.10. The lowest BCUT2D eigenvalue weighted by atomic mass is 9.61. The van der Waals surface area contributed by atoms with Crippen molar-refractivity contribution in [2.45, 2.75) is 49.7 Å². The Labute approximate surface area is 178 Å².